The number of aromatic nitrogens is 4. The van der Waals surface area contributed by atoms with Gasteiger partial charge in [-0.15, -0.1) is 0 Å². The Kier molecular flexibility index (Phi) is 6.14. The molecule has 4 atom stereocenters. The van der Waals surface area contributed by atoms with Crippen LogP contribution in [-0.2, 0) is 20.4 Å². The van der Waals surface area contributed by atoms with Gasteiger partial charge in [0.15, 0.2) is 23.2 Å². The Morgan fingerprint density at radius 2 is 2.00 bits per heavy atom. The number of aliphatic hydroxyl groups is 2. The second kappa shape index (κ2) is 8.71. The summed E-state index contributed by atoms with van der Waals surface area (Å²) in [6, 6.07) is 5.31. The first kappa shape index (κ1) is 22.6. The molecule has 0 bridgehead atoms. The summed E-state index contributed by atoms with van der Waals surface area (Å²) in [6.45, 7) is 1.53. The van der Waals surface area contributed by atoms with Gasteiger partial charge in [0.1, 0.15) is 30.4 Å². The largest absolute Gasteiger partial charge is 0.508 e. The first-order chi connectivity index (χ1) is 15.1. The molecule has 0 aliphatic carbocycles. The van der Waals surface area contributed by atoms with Gasteiger partial charge >= 0.3 is 7.82 Å². The average molecular weight is 467 g/mol. The fourth-order valence-electron chi connectivity index (χ4n) is 3.44. The van der Waals surface area contributed by atoms with E-state index < -0.39 is 39.0 Å². The zero-order valence-corrected chi connectivity index (χ0v) is 17.7. The third kappa shape index (κ3) is 4.59. The molecule has 2 aromatic heterocycles. The number of imidazole rings is 1. The Labute approximate surface area is 181 Å². The van der Waals surface area contributed by atoms with Gasteiger partial charge in [0.2, 0.25) is 0 Å². The summed E-state index contributed by atoms with van der Waals surface area (Å²) in [7, 11) is -4.77. The number of aryl methyl sites for hydroxylation is 1. The normalized spacial score (nSPS) is 23.7. The van der Waals surface area contributed by atoms with E-state index in [0.717, 1.165) is 5.56 Å². The van der Waals surface area contributed by atoms with Crippen molar-refractivity contribution in [1.82, 2.24) is 19.5 Å². The molecular weight excluding hydrogens is 445 g/mol. The number of nitrogens with zero attached hydrogens (tertiary/aromatic N) is 4. The lowest BCUT2D eigenvalue weighted by Gasteiger charge is -2.16. The van der Waals surface area contributed by atoms with Crippen molar-refractivity contribution in [2.24, 2.45) is 0 Å². The Bertz CT molecular complexity index is 1170. The van der Waals surface area contributed by atoms with Crippen molar-refractivity contribution in [3.8, 4) is 5.75 Å². The number of aliphatic hydroxyl groups excluding tert-OH is 2. The summed E-state index contributed by atoms with van der Waals surface area (Å²) in [6.07, 6.45) is -2.54. The number of ether oxygens (including phenoxy) is 1. The van der Waals surface area contributed by atoms with Crippen LogP contribution in [0.4, 0.5) is 5.82 Å². The first-order valence-corrected chi connectivity index (χ1v) is 11.1. The molecule has 1 aliphatic rings. The number of rotatable bonds is 7. The summed E-state index contributed by atoms with van der Waals surface area (Å²) in [5.41, 5.74) is 2.24. The minimum absolute atomic E-state index is 0.147. The van der Waals surface area contributed by atoms with Crippen LogP contribution in [0.25, 0.3) is 11.2 Å². The number of phenols is 1. The molecule has 172 valence electrons. The van der Waals surface area contributed by atoms with Crippen molar-refractivity contribution in [1.29, 1.82) is 0 Å². The van der Waals surface area contributed by atoms with Gasteiger partial charge in [-0.2, -0.15) is 0 Å². The van der Waals surface area contributed by atoms with Gasteiger partial charge in [0.25, 0.3) is 0 Å². The molecule has 1 fully saturated rings. The monoisotopic (exact) mass is 467 g/mol. The topological polar surface area (TPSA) is 192 Å². The highest BCUT2D eigenvalue weighted by Gasteiger charge is 2.45. The molecular formula is C18H22N5O8P. The van der Waals surface area contributed by atoms with E-state index >= 15 is 0 Å². The van der Waals surface area contributed by atoms with Crippen LogP contribution in [0, 0.1) is 6.92 Å². The Morgan fingerprint density at radius 1 is 1.22 bits per heavy atom. The molecule has 13 nitrogen and oxygen atoms in total. The maximum atomic E-state index is 10.9. The van der Waals surface area contributed by atoms with Crippen LogP contribution in [0.2, 0.25) is 0 Å². The van der Waals surface area contributed by atoms with Gasteiger partial charge in [-0.25, -0.2) is 19.5 Å². The van der Waals surface area contributed by atoms with Crippen molar-refractivity contribution in [3.63, 3.8) is 0 Å². The standard InChI is InChI=1S/C18H22N5O8P/c1-9-2-3-10(11(24)4-9)5-19-16-13-17(21-7-20-16)23(8-22-13)18-15(26)14(25)12(31-18)6-30-32(27,28)29/h2-4,7-8,12,14-15,18,24-26H,5-6H2,1H3,(H,19,20,21)(H2,27,28,29)/t12-,14-,15-,18-/m1/s1. The first-order valence-electron chi connectivity index (χ1n) is 9.55. The molecule has 0 amide bonds. The number of hydrogen-bond donors (Lipinski definition) is 6. The second-order valence-electron chi connectivity index (χ2n) is 7.36. The lowest BCUT2D eigenvalue weighted by Crippen LogP contribution is -2.33. The van der Waals surface area contributed by atoms with E-state index in [0.29, 0.717) is 22.5 Å². The molecule has 32 heavy (non-hydrogen) atoms. The zero-order valence-electron chi connectivity index (χ0n) is 16.8. The highest BCUT2D eigenvalue weighted by atomic mass is 31.2. The van der Waals surface area contributed by atoms with Crippen molar-refractivity contribution < 1.29 is 38.9 Å². The number of phenolic OH excluding ortho intramolecular Hbond substituents is 1. The predicted molar refractivity (Wildman–Crippen MR) is 109 cm³/mol. The average Bonchev–Trinajstić information content (AvgIpc) is 3.27. The molecule has 0 spiro atoms. The fourth-order valence-corrected chi connectivity index (χ4v) is 3.78. The maximum Gasteiger partial charge on any atom is 0.469 e. The lowest BCUT2D eigenvalue weighted by atomic mass is 10.1. The Balaban J connectivity index is 1.54. The number of benzene rings is 1. The Hall–Kier alpha value is -2.64. The smallest absolute Gasteiger partial charge is 0.469 e. The van der Waals surface area contributed by atoms with Crippen LogP contribution >= 0.6 is 7.82 Å². The molecule has 14 heteroatoms. The highest BCUT2D eigenvalue weighted by Crippen LogP contribution is 2.39. The fraction of sp³-hybridized carbons (Fsp3) is 0.389. The molecule has 0 saturated carbocycles. The van der Waals surface area contributed by atoms with E-state index in [9.17, 15) is 19.9 Å². The van der Waals surface area contributed by atoms with Gasteiger partial charge in [0.05, 0.1) is 12.9 Å². The minimum atomic E-state index is -4.77. The molecule has 1 saturated heterocycles. The molecule has 0 radical (unpaired) electrons. The quantitative estimate of drug-likeness (QED) is 0.259. The van der Waals surface area contributed by atoms with E-state index in [1.165, 1.54) is 17.2 Å². The molecule has 0 unspecified atom stereocenters. The lowest BCUT2D eigenvalue weighted by molar-refractivity contribution is -0.0504. The number of hydrogen-bond acceptors (Lipinski definition) is 10. The van der Waals surface area contributed by atoms with Crippen LogP contribution < -0.4 is 5.32 Å². The van der Waals surface area contributed by atoms with Crippen molar-refractivity contribution in [2.45, 2.75) is 38.0 Å². The second-order valence-corrected chi connectivity index (χ2v) is 8.60. The third-order valence-corrected chi connectivity index (χ3v) is 5.55. The van der Waals surface area contributed by atoms with Gasteiger partial charge in [-0.1, -0.05) is 12.1 Å². The molecule has 6 N–H and O–H groups in total. The van der Waals surface area contributed by atoms with Crippen molar-refractivity contribution >= 4 is 24.8 Å². The third-order valence-electron chi connectivity index (χ3n) is 5.06. The number of nitrogens with one attached hydrogen (secondary N) is 1. The maximum absolute atomic E-state index is 10.9. The SMILES string of the molecule is Cc1ccc(CNc2ncnc3c2ncn3[C@@H]2O[C@H](COP(=O)(O)O)[C@@H](O)[C@H]2O)c(O)c1. The summed E-state index contributed by atoms with van der Waals surface area (Å²) in [4.78, 5) is 30.3. The van der Waals surface area contributed by atoms with Gasteiger partial charge in [-0.3, -0.25) is 9.09 Å². The highest BCUT2D eigenvalue weighted by molar-refractivity contribution is 7.46. The summed E-state index contributed by atoms with van der Waals surface area (Å²) >= 11 is 0. The molecule has 1 aliphatic heterocycles. The van der Waals surface area contributed by atoms with Crippen LogP contribution in [0.3, 0.4) is 0 Å². The summed E-state index contributed by atoms with van der Waals surface area (Å²) in [5.74, 6) is 0.525. The Morgan fingerprint density at radius 3 is 2.72 bits per heavy atom. The van der Waals surface area contributed by atoms with Crippen LogP contribution in [-0.4, -0.2) is 69.5 Å². The molecule has 3 heterocycles. The van der Waals surface area contributed by atoms with Gasteiger partial charge < -0.3 is 35.2 Å². The van der Waals surface area contributed by atoms with Crippen LogP contribution in [0.5, 0.6) is 5.75 Å². The molecule has 3 aromatic rings. The molecule has 1 aromatic carbocycles. The van der Waals surface area contributed by atoms with E-state index in [-0.39, 0.29) is 12.3 Å². The van der Waals surface area contributed by atoms with Crippen LogP contribution in [0.1, 0.15) is 17.4 Å². The number of anilines is 1. The van der Waals surface area contributed by atoms with Gasteiger partial charge in [-0.05, 0) is 18.6 Å². The van der Waals surface area contributed by atoms with E-state index in [2.05, 4.69) is 24.8 Å². The number of phosphoric acid groups is 1. The molecule has 4 rings (SSSR count). The van der Waals surface area contributed by atoms with Crippen molar-refractivity contribution in [3.05, 3.63) is 42.0 Å². The summed E-state index contributed by atoms with van der Waals surface area (Å²) < 4.78 is 22.3. The summed E-state index contributed by atoms with van der Waals surface area (Å²) in [5, 5.41) is 33.8. The number of phosphoric ester groups is 1. The van der Waals surface area contributed by atoms with Gasteiger partial charge in [0, 0.05) is 12.1 Å². The number of aromatic hydroxyl groups is 1. The van der Waals surface area contributed by atoms with E-state index in [1.54, 1.807) is 12.1 Å². The van der Waals surface area contributed by atoms with E-state index in [4.69, 9.17) is 14.5 Å². The number of fused-ring (bicyclic) bond motifs is 1. The zero-order chi connectivity index (χ0) is 23.0. The predicted octanol–water partition coefficient (Wildman–Crippen LogP) is 0.181. The minimum Gasteiger partial charge on any atom is -0.508 e. The van der Waals surface area contributed by atoms with Crippen LogP contribution in [0.15, 0.2) is 30.9 Å². The van der Waals surface area contributed by atoms with Crippen molar-refractivity contribution in [2.75, 3.05) is 11.9 Å². The van der Waals surface area contributed by atoms with E-state index in [1.807, 2.05) is 13.0 Å².